The van der Waals surface area contributed by atoms with Crippen LogP contribution in [-0.2, 0) is 4.79 Å². The van der Waals surface area contributed by atoms with Gasteiger partial charge in [0.1, 0.15) is 6.04 Å². The summed E-state index contributed by atoms with van der Waals surface area (Å²) in [5.74, 6) is -0.748. The van der Waals surface area contributed by atoms with E-state index in [1.165, 1.54) is 6.42 Å². The van der Waals surface area contributed by atoms with Crippen molar-refractivity contribution in [3.8, 4) is 0 Å². The Labute approximate surface area is 108 Å². The van der Waals surface area contributed by atoms with Crippen molar-refractivity contribution in [3.63, 3.8) is 0 Å². The summed E-state index contributed by atoms with van der Waals surface area (Å²) in [6, 6.07) is 9.70. The van der Waals surface area contributed by atoms with Crippen LogP contribution in [0.2, 0.25) is 0 Å². The number of aliphatic carboxylic acids is 1. The zero-order valence-corrected chi connectivity index (χ0v) is 11.0. The predicted octanol–water partition coefficient (Wildman–Crippen LogP) is 3.08. The quantitative estimate of drug-likeness (QED) is 0.892. The van der Waals surface area contributed by atoms with Crippen LogP contribution >= 0.6 is 0 Å². The highest BCUT2D eigenvalue weighted by Gasteiger charge is 2.35. The van der Waals surface area contributed by atoms with E-state index in [0.29, 0.717) is 12.1 Å². The topological polar surface area (TPSA) is 40.5 Å². The number of rotatable bonds is 3. The number of hydrogen-bond acceptors (Lipinski definition) is 2. The van der Waals surface area contributed by atoms with Crippen LogP contribution < -0.4 is 0 Å². The normalized spacial score (nSPS) is 26.8. The molecule has 0 radical (unpaired) electrons. The van der Waals surface area contributed by atoms with E-state index in [-0.39, 0.29) is 0 Å². The van der Waals surface area contributed by atoms with Crippen molar-refractivity contribution in [2.45, 2.75) is 51.2 Å². The molecule has 1 aromatic carbocycles. The van der Waals surface area contributed by atoms with E-state index < -0.39 is 12.0 Å². The van der Waals surface area contributed by atoms with E-state index in [1.807, 2.05) is 30.3 Å². The van der Waals surface area contributed by atoms with Gasteiger partial charge in [-0.15, -0.1) is 0 Å². The third kappa shape index (κ3) is 2.56. The summed E-state index contributed by atoms with van der Waals surface area (Å²) in [7, 11) is 0. The number of hydrogen-bond donors (Lipinski definition) is 1. The average Bonchev–Trinajstić information content (AvgIpc) is 2.34. The van der Waals surface area contributed by atoms with Crippen molar-refractivity contribution in [1.82, 2.24) is 4.90 Å². The van der Waals surface area contributed by atoms with Crippen LogP contribution in [0.3, 0.4) is 0 Å². The monoisotopic (exact) mass is 247 g/mol. The Balaban J connectivity index is 2.32. The van der Waals surface area contributed by atoms with Crippen molar-refractivity contribution >= 4 is 5.97 Å². The van der Waals surface area contributed by atoms with E-state index >= 15 is 0 Å². The molecule has 1 saturated heterocycles. The molecule has 0 amide bonds. The van der Waals surface area contributed by atoms with E-state index in [2.05, 4.69) is 18.7 Å². The molecule has 1 fully saturated rings. The Morgan fingerprint density at radius 1 is 1.22 bits per heavy atom. The fourth-order valence-corrected chi connectivity index (χ4v) is 3.03. The Hall–Kier alpha value is -1.35. The molecule has 0 bridgehead atoms. The fourth-order valence-electron chi connectivity index (χ4n) is 3.03. The maximum Gasteiger partial charge on any atom is 0.325 e. The maximum atomic E-state index is 11.6. The van der Waals surface area contributed by atoms with Crippen molar-refractivity contribution < 1.29 is 9.90 Å². The second kappa shape index (κ2) is 5.53. The standard InChI is InChI=1S/C15H21NO2/c1-11-7-6-8-12(2)16(11)14(15(17)18)13-9-4-3-5-10-13/h3-5,9-12,14H,6-8H2,1-2H3,(H,17,18). The van der Waals surface area contributed by atoms with Crippen LogP contribution in [0.25, 0.3) is 0 Å². The summed E-state index contributed by atoms with van der Waals surface area (Å²) in [6.07, 6.45) is 3.36. The highest BCUT2D eigenvalue weighted by atomic mass is 16.4. The zero-order valence-electron chi connectivity index (χ0n) is 11.0. The number of carboxylic acids is 1. The van der Waals surface area contributed by atoms with Crippen molar-refractivity contribution in [2.75, 3.05) is 0 Å². The Bertz CT molecular complexity index is 394. The first kappa shape index (κ1) is 13.1. The van der Waals surface area contributed by atoms with Crippen LogP contribution in [0, 0.1) is 0 Å². The molecule has 1 heterocycles. The molecule has 3 atom stereocenters. The molecule has 1 N–H and O–H groups in total. The van der Waals surface area contributed by atoms with Crippen LogP contribution in [0.5, 0.6) is 0 Å². The molecule has 3 heteroatoms. The number of carboxylic acid groups (broad SMARTS) is 1. The molecular weight excluding hydrogens is 226 g/mol. The van der Waals surface area contributed by atoms with Gasteiger partial charge in [0.15, 0.2) is 0 Å². The molecule has 1 aliphatic heterocycles. The van der Waals surface area contributed by atoms with E-state index in [9.17, 15) is 9.90 Å². The molecule has 0 spiro atoms. The summed E-state index contributed by atoms with van der Waals surface area (Å²) in [6.45, 7) is 4.27. The van der Waals surface area contributed by atoms with Gasteiger partial charge in [-0.2, -0.15) is 0 Å². The number of likely N-dealkylation sites (tertiary alicyclic amines) is 1. The summed E-state index contributed by atoms with van der Waals surface area (Å²) < 4.78 is 0. The highest BCUT2D eigenvalue weighted by molar-refractivity contribution is 5.75. The summed E-state index contributed by atoms with van der Waals surface area (Å²) >= 11 is 0. The maximum absolute atomic E-state index is 11.6. The van der Waals surface area contributed by atoms with Crippen molar-refractivity contribution in [3.05, 3.63) is 35.9 Å². The molecule has 0 saturated carbocycles. The molecule has 3 unspecified atom stereocenters. The third-order valence-corrected chi connectivity index (χ3v) is 3.91. The van der Waals surface area contributed by atoms with Crippen molar-refractivity contribution in [2.24, 2.45) is 0 Å². The molecule has 2 rings (SSSR count). The lowest BCUT2D eigenvalue weighted by Gasteiger charge is -2.42. The Kier molecular flexibility index (Phi) is 4.02. The van der Waals surface area contributed by atoms with E-state index in [1.54, 1.807) is 0 Å². The van der Waals surface area contributed by atoms with Crippen molar-refractivity contribution in [1.29, 1.82) is 0 Å². The second-order valence-electron chi connectivity index (χ2n) is 5.23. The first-order chi connectivity index (χ1) is 8.61. The summed E-state index contributed by atoms with van der Waals surface area (Å²) in [5, 5.41) is 9.57. The van der Waals surface area contributed by atoms with Gasteiger partial charge in [0.25, 0.3) is 0 Å². The first-order valence-electron chi connectivity index (χ1n) is 6.66. The molecule has 0 aliphatic carbocycles. The van der Waals surface area contributed by atoms with Gasteiger partial charge in [-0.3, -0.25) is 9.69 Å². The smallest absolute Gasteiger partial charge is 0.325 e. The lowest BCUT2D eigenvalue weighted by atomic mass is 9.92. The van der Waals surface area contributed by atoms with Gasteiger partial charge in [0, 0.05) is 12.1 Å². The fraction of sp³-hybridized carbons (Fsp3) is 0.533. The largest absolute Gasteiger partial charge is 0.480 e. The molecular formula is C15H21NO2. The minimum absolute atomic E-state index is 0.329. The van der Waals surface area contributed by atoms with Gasteiger partial charge in [-0.25, -0.2) is 0 Å². The van der Waals surface area contributed by atoms with Gasteiger partial charge in [-0.1, -0.05) is 36.8 Å². The Morgan fingerprint density at radius 2 is 1.78 bits per heavy atom. The predicted molar refractivity (Wildman–Crippen MR) is 71.4 cm³/mol. The minimum atomic E-state index is -0.748. The van der Waals surface area contributed by atoms with Gasteiger partial charge < -0.3 is 5.11 Å². The van der Waals surface area contributed by atoms with Crippen LogP contribution in [0.1, 0.15) is 44.7 Å². The summed E-state index contributed by atoms with van der Waals surface area (Å²) in [5.41, 5.74) is 0.880. The lowest BCUT2D eigenvalue weighted by Crippen LogP contribution is -2.48. The lowest BCUT2D eigenvalue weighted by molar-refractivity contribution is -0.146. The van der Waals surface area contributed by atoms with Gasteiger partial charge in [0.05, 0.1) is 0 Å². The number of carbonyl (C=O) groups is 1. The molecule has 1 aliphatic rings. The summed E-state index contributed by atoms with van der Waals surface area (Å²) in [4.78, 5) is 13.8. The number of piperidine rings is 1. The second-order valence-corrected chi connectivity index (χ2v) is 5.23. The van der Waals surface area contributed by atoms with Gasteiger partial charge in [0.2, 0.25) is 0 Å². The molecule has 1 aromatic rings. The van der Waals surface area contributed by atoms with E-state index in [0.717, 1.165) is 18.4 Å². The first-order valence-corrected chi connectivity index (χ1v) is 6.66. The molecule has 3 nitrogen and oxygen atoms in total. The van der Waals surface area contributed by atoms with Crippen LogP contribution in [0.15, 0.2) is 30.3 Å². The average molecular weight is 247 g/mol. The Morgan fingerprint density at radius 3 is 2.28 bits per heavy atom. The zero-order chi connectivity index (χ0) is 13.1. The molecule has 0 aromatic heterocycles. The van der Waals surface area contributed by atoms with Crippen LogP contribution in [0.4, 0.5) is 0 Å². The van der Waals surface area contributed by atoms with Crippen LogP contribution in [-0.4, -0.2) is 28.1 Å². The van der Waals surface area contributed by atoms with Gasteiger partial charge in [-0.05, 0) is 32.3 Å². The molecule has 98 valence electrons. The van der Waals surface area contributed by atoms with E-state index in [4.69, 9.17) is 0 Å². The number of nitrogens with zero attached hydrogens (tertiary/aromatic N) is 1. The SMILES string of the molecule is CC1CCCC(C)N1C(C(=O)O)c1ccccc1. The highest BCUT2D eigenvalue weighted by Crippen LogP contribution is 2.32. The number of benzene rings is 1. The minimum Gasteiger partial charge on any atom is -0.480 e. The molecule has 18 heavy (non-hydrogen) atoms. The van der Waals surface area contributed by atoms with Gasteiger partial charge >= 0.3 is 5.97 Å². The third-order valence-electron chi connectivity index (χ3n) is 3.91.